The zero-order valence-corrected chi connectivity index (χ0v) is 9.35. The van der Waals surface area contributed by atoms with Gasteiger partial charge in [0.05, 0.1) is 4.92 Å². The summed E-state index contributed by atoms with van der Waals surface area (Å²) in [4.78, 5) is 12.4. The van der Waals surface area contributed by atoms with Gasteiger partial charge in [-0.1, -0.05) is 17.7 Å². The lowest BCUT2D eigenvalue weighted by Crippen LogP contribution is -2.54. The Morgan fingerprint density at radius 2 is 2.25 bits per heavy atom. The van der Waals surface area contributed by atoms with E-state index in [-0.39, 0.29) is 16.8 Å². The topological polar surface area (TPSA) is 72.4 Å². The van der Waals surface area contributed by atoms with Crippen LogP contribution in [0.3, 0.4) is 0 Å². The van der Waals surface area contributed by atoms with E-state index in [0.29, 0.717) is 6.54 Å². The number of halogens is 1. The second kappa shape index (κ2) is 4.37. The van der Waals surface area contributed by atoms with Crippen LogP contribution < -0.4 is 5.73 Å². The molecule has 1 aliphatic rings. The molecule has 16 heavy (non-hydrogen) atoms. The SMILES string of the molecule is NC1CN(Cc2ccc(Cl)c([N+](=O)[O-])c2)C1. The van der Waals surface area contributed by atoms with Crippen LogP contribution in [0.1, 0.15) is 5.56 Å². The summed E-state index contributed by atoms with van der Waals surface area (Å²) in [6, 6.07) is 5.13. The second-order valence-corrected chi connectivity index (χ2v) is 4.40. The summed E-state index contributed by atoms with van der Waals surface area (Å²) in [7, 11) is 0. The van der Waals surface area contributed by atoms with Gasteiger partial charge in [0, 0.05) is 31.7 Å². The first kappa shape index (κ1) is 11.3. The van der Waals surface area contributed by atoms with Crippen molar-refractivity contribution in [1.29, 1.82) is 0 Å². The Hall–Kier alpha value is -1.17. The van der Waals surface area contributed by atoms with Gasteiger partial charge in [0.25, 0.3) is 5.69 Å². The van der Waals surface area contributed by atoms with Crippen LogP contribution >= 0.6 is 11.6 Å². The van der Waals surface area contributed by atoms with Gasteiger partial charge in [-0.2, -0.15) is 0 Å². The highest BCUT2D eigenvalue weighted by Crippen LogP contribution is 2.26. The lowest BCUT2D eigenvalue weighted by atomic mass is 10.1. The fraction of sp³-hybridized carbons (Fsp3) is 0.400. The van der Waals surface area contributed by atoms with Crippen molar-refractivity contribution in [3.63, 3.8) is 0 Å². The van der Waals surface area contributed by atoms with Crippen LogP contribution in [0.5, 0.6) is 0 Å². The van der Waals surface area contributed by atoms with E-state index in [1.807, 2.05) is 0 Å². The summed E-state index contributed by atoms with van der Waals surface area (Å²) in [5.74, 6) is 0. The minimum absolute atomic E-state index is 0.0380. The van der Waals surface area contributed by atoms with Crippen molar-refractivity contribution in [3.05, 3.63) is 38.9 Å². The molecule has 2 N–H and O–H groups in total. The van der Waals surface area contributed by atoms with Gasteiger partial charge in [0.1, 0.15) is 5.02 Å². The summed E-state index contributed by atoms with van der Waals surface area (Å²) >= 11 is 5.72. The van der Waals surface area contributed by atoms with Crippen LogP contribution in [-0.2, 0) is 6.54 Å². The van der Waals surface area contributed by atoms with Crippen molar-refractivity contribution >= 4 is 17.3 Å². The molecule has 0 aliphatic carbocycles. The number of nitro groups is 1. The molecule has 0 bridgehead atoms. The van der Waals surface area contributed by atoms with E-state index in [1.54, 1.807) is 12.1 Å². The number of nitrogens with zero attached hydrogens (tertiary/aromatic N) is 2. The lowest BCUT2D eigenvalue weighted by molar-refractivity contribution is -0.384. The highest BCUT2D eigenvalue weighted by Gasteiger charge is 2.23. The molecule has 0 atom stereocenters. The summed E-state index contributed by atoms with van der Waals surface area (Å²) in [5, 5.41) is 10.9. The molecule has 1 aromatic rings. The quantitative estimate of drug-likeness (QED) is 0.641. The predicted octanol–water partition coefficient (Wildman–Crippen LogP) is 1.39. The van der Waals surface area contributed by atoms with Crippen LogP contribution in [-0.4, -0.2) is 29.0 Å². The molecule has 1 saturated heterocycles. The minimum Gasteiger partial charge on any atom is -0.325 e. The molecule has 1 aromatic carbocycles. The van der Waals surface area contributed by atoms with Crippen LogP contribution in [0.25, 0.3) is 0 Å². The van der Waals surface area contributed by atoms with Crippen molar-refractivity contribution in [1.82, 2.24) is 4.90 Å². The zero-order valence-electron chi connectivity index (χ0n) is 8.60. The Kier molecular flexibility index (Phi) is 3.09. The van der Waals surface area contributed by atoms with E-state index in [4.69, 9.17) is 17.3 Å². The van der Waals surface area contributed by atoms with Gasteiger partial charge in [-0.3, -0.25) is 15.0 Å². The third kappa shape index (κ3) is 2.32. The third-order valence-electron chi connectivity index (χ3n) is 2.60. The molecule has 1 heterocycles. The van der Waals surface area contributed by atoms with Crippen LogP contribution in [0.15, 0.2) is 18.2 Å². The standard InChI is InChI=1S/C10H12ClN3O2/c11-9-2-1-7(3-10(9)14(15)16)4-13-5-8(12)6-13/h1-3,8H,4-6,12H2. The number of rotatable bonds is 3. The molecule has 0 radical (unpaired) electrons. The van der Waals surface area contributed by atoms with Gasteiger partial charge in [-0.15, -0.1) is 0 Å². The highest BCUT2D eigenvalue weighted by molar-refractivity contribution is 6.32. The Balaban J connectivity index is 2.10. The Bertz CT molecular complexity index is 419. The first-order valence-corrected chi connectivity index (χ1v) is 5.35. The highest BCUT2D eigenvalue weighted by atomic mass is 35.5. The number of benzene rings is 1. The van der Waals surface area contributed by atoms with Crippen molar-refractivity contribution in [2.45, 2.75) is 12.6 Å². The normalized spacial score (nSPS) is 17.1. The number of nitrogens with two attached hydrogens (primary N) is 1. The first-order valence-electron chi connectivity index (χ1n) is 4.97. The maximum Gasteiger partial charge on any atom is 0.288 e. The van der Waals surface area contributed by atoms with E-state index in [1.165, 1.54) is 6.07 Å². The van der Waals surface area contributed by atoms with Crippen molar-refractivity contribution in [3.8, 4) is 0 Å². The molecular weight excluding hydrogens is 230 g/mol. The van der Waals surface area contributed by atoms with E-state index >= 15 is 0 Å². The number of hydrogen-bond acceptors (Lipinski definition) is 4. The number of nitro benzene ring substituents is 1. The molecule has 6 heteroatoms. The van der Waals surface area contributed by atoms with Gasteiger partial charge in [0.15, 0.2) is 0 Å². The van der Waals surface area contributed by atoms with E-state index in [0.717, 1.165) is 18.7 Å². The minimum atomic E-state index is -0.465. The molecule has 1 aliphatic heterocycles. The zero-order chi connectivity index (χ0) is 11.7. The average molecular weight is 242 g/mol. The van der Waals surface area contributed by atoms with Crippen molar-refractivity contribution in [2.75, 3.05) is 13.1 Å². The van der Waals surface area contributed by atoms with Gasteiger partial charge >= 0.3 is 0 Å². The molecular formula is C10H12ClN3O2. The fourth-order valence-corrected chi connectivity index (χ4v) is 1.98. The van der Waals surface area contributed by atoms with E-state index < -0.39 is 4.92 Å². The van der Waals surface area contributed by atoms with Gasteiger partial charge < -0.3 is 5.73 Å². The first-order chi connectivity index (χ1) is 7.56. The van der Waals surface area contributed by atoms with Crippen LogP contribution in [0, 0.1) is 10.1 Å². The number of likely N-dealkylation sites (tertiary alicyclic amines) is 1. The molecule has 0 aromatic heterocycles. The van der Waals surface area contributed by atoms with Gasteiger partial charge in [-0.05, 0) is 11.6 Å². The third-order valence-corrected chi connectivity index (χ3v) is 2.92. The maximum atomic E-state index is 10.7. The molecule has 0 amide bonds. The number of hydrogen-bond donors (Lipinski definition) is 1. The average Bonchev–Trinajstić information content (AvgIpc) is 2.18. The molecule has 0 saturated carbocycles. The fourth-order valence-electron chi connectivity index (χ4n) is 1.79. The Morgan fingerprint density at radius 1 is 1.56 bits per heavy atom. The predicted molar refractivity (Wildman–Crippen MR) is 61.4 cm³/mol. The lowest BCUT2D eigenvalue weighted by Gasteiger charge is -2.36. The molecule has 0 spiro atoms. The smallest absolute Gasteiger partial charge is 0.288 e. The van der Waals surface area contributed by atoms with E-state index in [9.17, 15) is 10.1 Å². The molecule has 0 unspecified atom stereocenters. The monoisotopic (exact) mass is 241 g/mol. The summed E-state index contributed by atoms with van der Waals surface area (Å²) < 4.78 is 0. The second-order valence-electron chi connectivity index (χ2n) is 4.00. The van der Waals surface area contributed by atoms with Crippen LogP contribution in [0.2, 0.25) is 5.02 Å². The largest absolute Gasteiger partial charge is 0.325 e. The van der Waals surface area contributed by atoms with Crippen LogP contribution in [0.4, 0.5) is 5.69 Å². The van der Waals surface area contributed by atoms with Gasteiger partial charge in [0.2, 0.25) is 0 Å². The summed E-state index contributed by atoms with van der Waals surface area (Å²) in [6.07, 6.45) is 0. The van der Waals surface area contributed by atoms with E-state index in [2.05, 4.69) is 4.90 Å². The molecule has 2 rings (SSSR count). The van der Waals surface area contributed by atoms with Gasteiger partial charge in [-0.25, -0.2) is 0 Å². The van der Waals surface area contributed by atoms with Crippen molar-refractivity contribution in [2.24, 2.45) is 5.73 Å². The summed E-state index contributed by atoms with van der Waals surface area (Å²) in [6.45, 7) is 2.37. The summed E-state index contributed by atoms with van der Waals surface area (Å²) in [5.41, 5.74) is 6.51. The molecule has 1 fully saturated rings. The maximum absolute atomic E-state index is 10.7. The molecule has 5 nitrogen and oxygen atoms in total. The van der Waals surface area contributed by atoms with Crippen molar-refractivity contribution < 1.29 is 4.92 Å². The molecule has 86 valence electrons. The Morgan fingerprint density at radius 3 is 2.81 bits per heavy atom. The Labute approximate surface area is 97.9 Å².